The van der Waals surface area contributed by atoms with Crippen LogP contribution in [0.3, 0.4) is 0 Å². The Kier molecular flexibility index (Phi) is 3.94. The van der Waals surface area contributed by atoms with E-state index in [0.717, 1.165) is 21.4 Å². The fourth-order valence-electron chi connectivity index (χ4n) is 1.66. The van der Waals surface area contributed by atoms with Gasteiger partial charge in [0.25, 0.3) is 0 Å². The number of benzene rings is 1. The molecule has 0 fully saturated rings. The van der Waals surface area contributed by atoms with Gasteiger partial charge in [-0.3, -0.25) is 4.98 Å². The first-order valence-corrected chi connectivity index (χ1v) is 6.99. The Labute approximate surface area is 121 Å². The van der Waals surface area contributed by atoms with Crippen LogP contribution in [0.25, 0.3) is 0 Å². The first-order chi connectivity index (χ1) is 9.90. The predicted octanol–water partition coefficient (Wildman–Crippen LogP) is 4.42. The Morgan fingerprint density at radius 1 is 0.850 bits per heavy atom. The van der Waals surface area contributed by atoms with Crippen molar-refractivity contribution in [1.82, 2.24) is 9.97 Å². The van der Waals surface area contributed by atoms with Gasteiger partial charge in [-0.2, -0.15) is 0 Å². The van der Waals surface area contributed by atoms with E-state index in [-0.39, 0.29) is 0 Å². The van der Waals surface area contributed by atoms with Crippen molar-refractivity contribution in [3.8, 4) is 11.5 Å². The van der Waals surface area contributed by atoms with E-state index < -0.39 is 0 Å². The van der Waals surface area contributed by atoms with Crippen LogP contribution >= 0.6 is 11.8 Å². The van der Waals surface area contributed by atoms with Crippen molar-refractivity contribution >= 4 is 11.8 Å². The number of aromatic nitrogens is 2. The van der Waals surface area contributed by atoms with Crippen molar-refractivity contribution in [1.29, 1.82) is 0 Å². The topological polar surface area (TPSA) is 35.0 Å². The standard InChI is InChI=1S/C16H12N2OS/c1-2-6-13(7-3-1)19-14-10-15(12-17-11-14)20-16-8-4-5-9-18-16/h1-12H. The minimum absolute atomic E-state index is 0.720. The van der Waals surface area contributed by atoms with E-state index in [2.05, 4.69) is 9.97 Å². The first-order valence-electron chi connectivity index (χ1n) is 6.17. The molecule has 0 saturated heterocycles. The van der Waals surface area contributed by atoms with Gasteiger partial charge in [-0.1, -0.05) is 36.0 Å². The van der Waals surface area contributed by atoms with Crippen molar-refractivity contribution in [3.05, 3.63) is 73.2 Å². The van der Waals surface area contributed by atoms with E-state index in [1.165, 1.54) is 0 Å². The van der Waals surface area contributed by atoms with E-state index in [4.69, 9.17) is 4.74 Å². The molecule has 98 valence electrons. The molecule has 0 aliphatic rings. The predicted molar refractivity (Wildman–Crippen MR) is 79.1 cm³/mol. The van der Waals surface area contributed by atoms with Gasteiger partial charge >= 0.3 is 0 Å². The van der Waals surface area contributed by atoms with Crippen molar-refractivity contribution in [2.24, 2.45) is 0 Å². The summed E-state index contributed by atoms with van der Waals surface area (Å²) >= 11 is 1.56. The lowest BCUT2D eigenvalue weighted by Crippen LogP contribution is -1.86. The number of hydrogen-bond donors (Lipinski definition) is 0. The van der Waals surface area contributed by atoms with Crippen LogP contribution < -0.4 is 4.74 Å². The summed E-state index contributed by atoms with van der Waals surface area (Å²) < 4.78 is 5.76. The summed E-state index contributed by atoms with van der Waals surface area (Å²) in [5.74, 6) is 1.52. The summed E-state index contributed by atoms with van der Waals surface area (Å²) in [6, 6.07) is 17.5. The second kappa shape index (κ2) is 6.21. The van der Waals surface area contributed by atoms with Gasteiger partial charge in [0.15, 0.2) is 0 Å². The fraction of sp³-hybridized carbons (Fsp3) is 0. The maximum absolute atomic E-state index is 5.76. The highest BCUT2D eigenvalue weighted by molar-refractivity contribution is 7.99. The highest BCUT2D eigenvalue weighted by Crippen LogP contribution is 2.29. The van der Waals surface area contributed by atoms with Crippen molar-refractivity contribution < 1.29 is 4.74 Å². The molecule has 0 N–H and O–H groups in total. The Hall–Kier alpha value is -2.33. The quantitative estimate of drug-likeness (QED) is 0.708. The molecule has 0 aliphatic carbocycles. The SMILES string of the molecule is c1ccc(Oc2cncc(Sc3ccccn3)c2)cc1. The molecule has 0 aliphatic heterocycles. The first kappa shape index (κ1) is 12.7. The number of nitrogens with zero attached hydrogens (tertiary/aromatic N) is 2. The number of para-hydroxylation sites is 1. The van der Waals surface area contributed by atoms with Crippen LogP contribution in [-0.2, 0) is 0 Å². The van der Waals surface area contributed by atoms with Gasteiger partial charge in [-0.25, -0.2) is 4.98 Å². The maximum Gasteiger partial charge on any atom is 0.146 e. The van der Waals surface area contributed by atoms with Gasteiger partial charge in [-0.15, -0.1) is 0 Å². The summed E-state index contributed by atoms with van der Waals surface area (Å²) in [7, 11) is 0. The molecule has 2 heterocycles. The van der Waals surface area contributed by atoms with Gasteiger partial charge in [0.05, 0.1) is 6.20 Å². The highest BCUT2D eigenvalue weighted by atomic mass is 32.2. The molecule has 1 aromatic carbocycles. The molecule has 0 unspecified atom stereocenters. The van der Waals surface area contributed by atoms with Crippen LogP contribution in [0.4, 0.5) is 0 Å². The number of rotatable bonds is 4. The molecule has 0 saturated carbocycles. The third-order valence-electron chi connectivity index (χ3n) is 2.53. The fourth-order valence-corrected chi connectivity index (χ4v) is 2.45. The van der Waals surface area contributed by atoms with Crippen LogP contribution in [0.15, 0.2) is 83.1 Å². The molecule has 4 heteroatoms. The average Bonchev–Trinajstić information content (AvgIpc) is 2.50. The zero-order chi connectivity index (χ0) is 13.6. The number of hydrogen-bond acceptors (Lipinski definition) is 4. The summed E-state index contributed by atoms with van der Waals surface area (Å²) in [5, 5.41) is 0.936. The van der Waals surface area contributed by atoms with Crippen LogP contribution in [0.1, 0.15) is 0 Å². The van der Waals surface area contributed by atoms with E-state index in [1.807, 2.05) is 54.6 Å². The Bertz CT molecular complexity index is 618. The molecule has 0 amide bonds. The zero-order valence-corrected chi connectivity index (χ0v) is 11.5. The summed E-state index contributed by atoms with van der Waals surface area (Å²) in [5.41, 5.74) is 0. The summed E-state index contributed by atoms with van der Waals surface area (Å²) in [4.78, 5) is 9.48. The molecule has 20 heavy (non-hydrogen) atoms. The zero-order valence-electron chi connectivity index (χ0n) is 10.6. The molecular weight excluding hydrogens is 268 g/mol. The van der Waals surface area contributed by atoms with Crippen LogP contribution in [-0.4, -0.2) is 9.97 Å². The molecule has 0 spiro atoms. The van der Waals surface area contributed by atoms with Crippen molar-refractivity contribution in [2.75, 3.05) is 0 Å². The van der Waals surface area contributed by atoms with Gasteiger partial charge in [-0.05, 0) is 30.3 Å². The lowest BCUT2D eigenvalue weighted by molar-refractivity contribution is 0.478. The molecule has 2 aromatic heterocycles. The van der Waals surface area contributed by atoms with Gasteiger partial charge in [0.2, 0.25) is 0 Å². The maximum atomic E-state index is 5.76. The van der Waals surface area contributed by atoms with E-state index in [0.29, 0.717) is 0 Å². The molecule has 3 rings (SSSR count). The molecule has 3 nitrogen and oxygen atoms in total. The minimum Gasteiger partial charge on any atom is -0.456 e. The second-order valence-electron chi connectivity index (χ2n) is 4.04. The third-order valence-corrected chi connectivity index (χ3v) is 3.44. The smallest absolute Gasteiger partial charge is 0.146 e. The van der Waals surface area contributed by atoms with Gasteiger partial charge in [0.1, 0.15) is 16.5 Å². The number of ether oxygens (including phenoxy) is 1. The monoisotopic (exact) mass is 280 g/mol. The molecule has 0 bridgehead atoms. The van der Waals surface area contributed by atoms with Crippen LogP contribution in [0.2, 0.25) is 0 Å². The van der Waals surface area contributed by atoms with Crippen LogP contribution in [0.5, 0.6) is 11.5 Å². The van der Waals surface area contributed by atoms with Gasteiger partial charge < -0.3 is 4.74 Å². The Balaban J connectivity index is 1.76. The lowest BCUT2D eigenvalue weighted by atomic mass is 10.3. The Morgan fingerprint density at radius 2 is 1.70 bits per heavy atom. The molecule has 3 aromatic rings. The minimum atomic E-state index is 0.720. The van der Waals surface area contributed by atoms with Crippen molar-refractivity contribution in [3.63, 3.8) is 0 Å². The van der Waals surface area contributed by atoms with Gasteiger partial charge in [0, 0.05) is 17.3 Å². The normalized spacial score (nSPS) is 10.2. The van der Waals surface area contributed by atoms with E-state index in [1.54, 1.807) is 30.4 Å². The summed E-state index contributed by atoms with van der Waals surface area (Å²) in [6.07, 6.45) is 5.28. The molecular formula is C16H12N2OS. The lowest BCUT2D eigenvalue weighted by Gasteiger charge is -2.06. The Morgan fingerprint density at radius 3 is 2.50 bits per heavy atom. The number of pyridine rings is 2. The largest absolute Gasteiger partial charge is 0.456 e. The second-order valence-corrected chi connectivity index (χ2v) is 5.14. The third kappa shape index (κ3) is 3.36. The van der Waals surface area contributed by atoms with Crippen LogP contribution in [0, 0.1) is 0 Å². The highest BCUT2D eigenvalue weighted by Gasteiger charge is 2.02. The molecule has 0 atom stereocenters. The van der Waals surface area contributed by atoms with E-state index >= 15 is 0 Å². The van der Waals surface area contributed by atoms with E-state index in [9.17, 15) is 0 Å². The summed E-state index contributed by atoms with van der Waals surface area (Å²) in [6.45, 7) is 0. The van der Waals surface area contributed by atoms with Crippen molar-refractivity contribution in [2.45, 2.75) is 9.92 Å². The molecule has 0 radical (unpaired) electrons. The average molecular weight is 280 g/mol.